The Morgan fingerprint density at radius 1 is 1.03 bits per heavy atom. The van der Waals surface area contributed by atoms with E-state index in [0.717, 1.165) is 43.8 Å². The summed E-state index contributed by atoms with van der Waals surface area (Å²) in [4.78, 5) is 5.30. The Kier molecular flexibility index (Phi) is 5.05. The molecule has 8 heteroatoms. The van der Waals surface area contributed by atoms with Gasteiger partial charge in [0.1, 0.15) is 5.75 Å². The van der Waals surface area contributed by atoms with Crippen LogP contribution >= 0.6 is 11.6 Å². The lowest BCUT2D eigenvalue weighted by atomic mass is 10.1. The van der Waals surface area contributed by atoms with Crippen LogP contribution in [0.3, 0.4) is 0 Å². The summed E-state index contributed by atoms with van der Waals surface area (Å²) in [6, 6.07) is 18.8. The molecule has 0 amide bonds. The number of hydrogen-bond donors (Lipinski definition) is 3. The first-order chi connectivity index (χ1) is 15.1. The number of nitrogens with zero attached hydrogens (tertiary/aromatic N) is 3. The molecule has 0 saturated heterocycles. The fourth-order valence-electron chi connectivity index (χ4n) is 3.48. The van der Waals surface area contributed by atoms with Crippen LogP contribution in [0, 0.1) is 0 Å². The highest BCUT2D eigenvalue weighted by molar-refractivity contribution is 7.86. The second-order valence-corrected chi connectivity index (χ2v) is 9.02. The highest BCUT2D eigenvalue weighted by Gasteiger charge is 2.09. The average Bonchev–Trinajstić information content (AvgIpc) is 3.23. The van der Waals surface area contributed by atoms with Crippen LogP contribution in [-0.2, 0) is 10.7 Å². The number of aromatic amines is 1. The molecule has 0 spiro atoms. The van der Waals surface area contributed by atoms with E-state index in [1.165, 1.54) is 0 Å². The minimum Gasteiger partial charge on any atom is -0.507 e. The molecule has 0 fully saturated rings. The van der Waals surface area contributed by atoms with Crippen molar-refractivity contribution in [2.45, 2.75) is 4.90 Å². The number of fused-ring (bicyclic) bond motifs is 2. The maximum absolute atomic E-state index is 10.1. The van der Waals surface area contributed by atoms with Crippen molar-refractivity contribution in [1.82, 2.24) is 15.2 Å². The molecule has 5 rings (SSSR count). The van der Waals surface area contributed by atoms with Crippen LogP contribution in [-0.4, -0.2) is 26.5 Å². The molecule has 0 bridgehead atoms. The fraction of sp³-hybridized carbons (Fsp3) is 0.0435. The molecular weight excluding hydrogens is 430 g/mol. The number of anilines is 2. The maximum Gasteiger partial charge on any atom is 0.130 e. The van der Waals surface area contributed by atoms with Crippen LogP contribution in [0.15, 0.2) is 82.3 Å². The monoisotopic (exact) mass is 447 g/mol. The lowest BCUT2D eigenvalue weighted by Gasteiger charge is -2.12. The number of phenolic OH excluding ortho intramolecular Hbond substituents is 1. The molecule has 1 unspecified atom stereocenters. The number of para-hydroxylation sites is 1. The molecule has 0 aliphatic carbocycles. The van der Waals surface area contributed by atoms with E-state index >= 15 is 0 Å². The first-order valence-corrected chi connectivity index (χ1v) is 11.5. The Balaban J connectivity index is 1.58. The van der Waals surface area contributed by atoms with E-state index in [1.54, 1.807) is 18.5 Å². The SMILES string of the molecule is CS(=Nc1ccc2nccc(Nc3cc(Cl)cc4[nH]ncc34)c2c1)c1ccccc1O. The number of aromatic hydroxyl groups is 1. The fourth-order valence-corrected chi connectivity index (χ4v) is 4.87. The van der Waals surface area contributed by atoms with Gasteiger partial charge in [0.15, 0.2) is 0 Å². The molecule has 3 N–H and O–H groups in total. The number of rotatable bonds is 4. The third-order valence-corrected chi connectivity index (χ3v) is 6.63. The van der Waals surface area contributed by atoms with Gasteiger partial charge in [0.05, 0.1) is 33.5 Å². The van der Waals surface area contributed by atoms with Gasteiger partial charge in [-0.1, -0.05) is 34.4 Å². The largest absolute Gasteiger partial charge is 0.507 e. The molecule has 0 aliphatic rings. The van der Waals surface area contributed by atoms with E-state index in [4.69, 9.17) is 16.0 Å². The van der Waals surface area contributed by atoms with E-state index < -0.39 is 10.7 Å². The number of halogens is 1. The Morgan fingerprint density at radius 2 is 1.90 bits per heavy atom. The van der Waals surface area contributed by atoms with Gasteiger partial charge in [-0.15, -0.1) is 0 Å². The topological polar surface area (TPSA) is 86.2 Å². The summed E-state index contributed by atoms with van der Waals surface area (Å²) in [6.45, 7) is 0. The molecular formula is C23H18ClN5OS. The summed E-state index contributed by atoms with van der Waals surface area (Å²) in [7, 11) is -0.495. The Bertz CT molecular complexity index is 1460. The Labute approximate surface area is 186 Å². The average molecular weight is 448 g/mol. The van der Waals surface area contributed by atoms with Crippen LogP contribution in [0.25, 0.3) is 21.8 Å². The van der Waals surface area contributed by atoms with Crippen LogP contribution in [0.4, 0.5) is 17.1 Å². The number of nitrogens with one attached hydrogen (secondary N) is 2. The van der Waals surface area contributed by atoms with Crippen molar-refractivity contribution < 1.29 is 5.11 Å². The van der Waals surface area contributed by atoms with Crippen molar-refractivity contribution in [3.05, 3.63) is 78.1 Å². The Morgan fingerprint density at radius 3 is 2.77 bits per heavy atom. The van der Waals surface area contributed by atoms with Gasteiger partial charge in [0.25, 0.3) is 0 Å². The first kappa shape index (κ1) is 19.5. The maximum atomic E-state index is 10.1. The zero-order valence-electron chi connectivity index (χ0n) is 16.5. The summed E-state index contributed by atoms with van der Waals surface area (Å²) in [5.74, 6) is 0.256. The molecule has 6 nitrogen and oxygen atoms in total. The van der Waals surface area contributed by atoms with Gasteiger partial charge in [-0.25, -0.2) is 4.36 Å². The zero-order valence-corrected chi connectivity index (χ0v) is 18.1. The summed E-state index contributed by atoms with van der Waals surface area (Å²) in [5.41, 5.74) is 4.28. The van der Waals surface area contributed by atoms with Gasteiger partial charge in [-0.3, -0.25) is 10.1 Å². The lowest BCUT2D eigenvalue weighted by molar-refractivity contribution is 0.462. The van der Waals surface area contributed by atoms with Crippen molar-refractivity contribution >= 4 is 61.2 Å². The zero-order chi connectivity index (χ0) is 21.4. The van der Waals surface area contributed by atoms with Gasteiger partial charge in [0.2, 0.25) is 0 Å². The summed E-state index contributed by atoms with van der Waals surface area (Å²) in [6.07, 6.45) is 5.53. The quantitative estimate of drug-likeness (QED) is 0.300. The van der Waals surface area contributed by atoms with Gasteiger partial charge < -0.3 is 10.4 Å². The molecule has 31 heavy (non-hydrogen) atoms. The minimum atomic E-state index is -0.495. The summed E-state index contributed by atoms with van der Waals surface area (Å²) >= 11 is 6.28. The number of aromatic nitrogens is 3. The molecule has 5 aromatic rings. The minimum absolute atomic E-state index is 0.256. The number of H-pyrrole nitrogens is 1. The highest BCUT2D eigenvalue weighted by atomic mass is 35.5. The summed E-state index contributed by atoms with van der Waals surface area (Å²) < 4.78 is 4.82. The predicted octanol–water partition coefficient (Wildman–Crippen LogP) is 6.34. The first-order valence-electron chi connectivity index (χ1n) is 9.53. The molecule has 0 radical (unpaired) electrons. The normalized spacial score (nSPS) is 12.5. The smallest absolute Gasteiger partial charge is 0.130 e. The van der Waals surface area contributed by atoms with Crippen LogP contribution in [0.2, 0.25) is 5.02 Å². The molecule has 0 saturated carbocycles. The number of phenols is 1. The predicted molar refractivity (Wildman–Crippen MR) is 128 cm³/mol. The van der Waals surface area contributed by atoms with Gasteiger partial charge in [0, 0.05) is 27.7 Å². The third-order valence-electron chi connectivity index (χ3n) is 4.94. The van der Waals surface area contributed by atoms with Crippen molar-refractivity contribution in [2.24, 2.45) is 4.36 Å². The van der Waals surface area contributed by atoms with Gasteiger partial charge in [-0.2, -0.15) is 5.10 Å². The molecule has 2 aromatic heterocycles. The van der Waals surface area contributed by atoms with Crippen LogP contribution < -0.4 is 5.32 Å². The number of hydrogen-bond acceptors (Lipinski definition) is 5. The lowest BCUT2D eigenvalue weighted by Crippen LogP contribution is -1.94. The third kappa shape index (κ3) is 3.85. The highest BCUT2D eigenvalue weighted by Crippen LogP contribution is 2.33. The number of benzene rings is 3. The van der Waals surface area contributed by atoms with Gasteiger partial charge >= 0.3 is 0 Å². The second kappa shape index (κ2) is 8.02. The number of pyridine rings is 1. The van der Waals surface area contributed by atoms with Crippen molar-refractivity contribution in [1.29, 1.82) is 0 Å². The van der Waals surface area contributed by atoms with E-state index in [-0.39, 0.29) is 5.75 Å². The summed E-state index contributed by atoms with van der Waals surface area (Å²) in [5, 5.41) is 23.2. The van der Waals surface area contributed by atoms with E-state index in [2.05, 4.69) is 20.5 Å². The Hall–Kier alpha value is -3.42. The molecule has 154 valence electrons. The van der Waals surface area contributed by atoms with Crippen molar-refractivity contribution in [3.63, 3.8) is 0 Å². The van der Waals surface area contributed by atoms with E-state index in [9.17, 15) is 5.11 Å². The molecule has 1 atom stereocenters. The van der Waals surface area contributed by atoms with Crippen LogP contribution in [0.5, 0.6) is 5.75 Å². The van der Waals surface area contributed by atoms with Gasteiger partial charge in [-0.05, 0) is 54.8 Å². The van der Waals surface area contributed by atoms with Crippen LogP contribution in [0.1, 0.15) is 0 Å². The molecule has 2 heterocycles. The standard InChI is InChI=1S/C23H18ClN5OS/c1-31(23-5-3-2-4-22(23)30)29-15-6-7-18-16(12-15)19(8-9-25-18)27-20-10-14(24)11-21-17(20)13-26-28-21/h2-13,30H,1H3,(H,25,27)(H,26,28). The molecule has 3 aromatic carbocycles. The van der Waals surface area contributed by atoms with Crippen molar-refractivity contribution in [3.8, 4) is 5.75 Å². The van der Waals surface area contributed by atoms with E-state index in [0.29, 0.717) is 5.02 Å². The molecule has 0 aliphatic heterocycles. The second-order valence-electron chi connectivity index (χ2n) is 7.01. The van der Waals surface area contributed by atoms with E-state index in [1.807, 2.05) is 60.9 Å². The van der Waals surface area contributed by atoms with Crippen molar-refractivity contribution in [2.75, 3.05) is 11.6 Å².